The quantitative estimate of drug-likeness (QED) is 0.808. The minimum Gasteiger partial charge on any atom is -0.491 e. The molecular weight excluding hydrogens is 409 g/mol. The molecule has 0 aliphatic carbocycles. The summed E-state index contributed by atoms with van der Waals surface area (Å²) < 4.78 is 19.8. The minimum atomic E-state index is -0.645. The Bertz CT molecular complexity index is 955. The van der Waals surface area contributed by atoms with E-state index in [1.807, 2.05) is 4.90 Å². The molecule has 0 aromatic heterocycles. The summed E-state index contributed by atoms with van der Waals surface area (Å²) >= 11 is 6.09. The summed E-state index contributed by atoms with van der Waals surface area (Å²) in [6, 6.07) is 11.2. The topological polar surface area (TPSA) is 61.9 Å². The number of fused-ring (bicyclic) bond motifs is 1. The molecule has 30 heavy (non-hydrogen) atoms. The van der Waals surface area contributed by atoms with Gasteiger partial charge in [-0.3, -0.25) is 14.5 Å². The van der Waals surface area contributed by atoms with Crippen molar-refractivity contribution in [2.24, 2.45) is 0 Å². The van der Waals surface area contributed by atoms with Crippen molar-refractivity contribution in [3.8, 4) is 5.75 Å². The molecule has 2 aromatic carbocycles. The fourth-order valence-corrected chi connectivity index (χ4v) is 4.08. The predicted octanol–water partition coefficient (Wildman–Crippen LogP) is 2.59. The monoisotopic (exact) mass is 431 g/mol. The zero-order valence-electron chi connectivity index (χ0n) is 16.4. The maximum Gasteiger partial charge on any atom is 0.237 e. The summed E-state index contributed by atoms with van der Waals surface area (Å²) in [6.07, 6.45) is 0.0240. The molecule has 1 saturated heterocycles. The Labute approximate surface area is 179 Å². The number of hydrogen-bond donors (Lipinski definition) is 1. The largest absolute Gasteiger partial charge is 0.491 e. The SMILES string of the molecule is O=C1NCCN(Cc2ccccc2F)C1CC(=O)N1CCOc2ccc(Cl)cc2C1. The van der Waals surface area contributed by atoms with Gasteiger partial charge in [0.05, 0.1) is 19.0 Å². The highest BCUT2D eigenvalue weighted by Crippen LogP contribution is 2.27. The summed E-state index contributed by atoms with van der Waals surface area (Å²) in [7, 11) is 0. The van der Waals surface area contributed by atoms with Gasteiger partial charge in [0.25, 0.3) is 0 Å². The van der Waals surface area contributed by atoms with Gasteiger partial charge in [0.2, 0.25) is 11.8 Å². The molecule has 2 aliphatic heterocycles. The lowest BCUT2D eigenvalue weighted by atomic mass is 10.1. The second-order valence-corrected chi connectivity index (χ2v) is 7.93. The highest BCUT2D eigenvalue weighted by atomic mass is 35.5. The van der Waals surface area contributed by atoms with Crippen LogP contribution in [0.1, 0.15) is 17.5 Å². The van der Waals surface area contributed by atoms with E-state index in [0.29, 0.717) is 49.1 Å². The van der Waals surface area contributed by atoms with Crippen LogP contribution in [0.25, 0.3) is 0 Å². The number of nitrogens with one attached hydrogen (secondary N) is 1. The van der Waals surface area contributed by atoms with E-state index in [0.717, 1.165) is 5.56 Å². The van der Waals surface area contributed by atoms with Crippen molar-refractivity contribution >= 4 is 23.4 Å². The van der Waals surface area contributed by atoms with Crippen LogP contribution in [0.2, 0.25) is 5.02 Å². The molecule has 1 N–H and O–H groups in total. The first-order valence-electron chi connectivity index (χ1n) is 9.95. The molecular formula is C22H23ClFN3O3. The molecule has 2 heterocycles. The maximum atomic E-state index is 14.1. The van der Waals surface area contributed by atoms with Gasteiger partial charge in [0.1, 0.15) is 18.2 Å². The number of rotatable bonds is 4. The Balaban J connectivity index is 1.48. The third kappa shape index (κ3) is 4.57. The Kier molecular flexibility index (Phi) is 6.20. The Morgan fingerprint density at radius 3 is 2.90 bits per heavy atom. The summed E-state index contributed by atoms with van der Waals surface area (Å²) in [4.78, 5) is 29.2. The van der Waals surface area contributed by atoms with Crippen LogP contribution in [-0.2, 0) is 22.7 Å². The zero-order valence-corrected chi connectivity index (χ0v) is 17.2. The standard InChI is InChI=1S/C22H23ClFN3O3/c23-17-5-6-20-16(11-17)14-27(9-10-30-20)21(28)12-19-22(29)25-7-8-26(19)13-15-3-1-2-4-18(15)24/h1-6,11,19H,7-10,12-14H2,(H,25,29). The summed E-state index contributed by atoms with van der Waals surface area (Å²) in [5.74, 6) is 0.0467. The van der Waals surface area contributed by atoms with Crippen molar-refractivity contribution in [2.45, 2.75) is 25.6 Å². The van der Waals surface area contributed by atoms with E-state index in [4.69, 9.17) is 16.3 Å². The van der Waals surface area contributed by atoms with Crippen LogP contribution < -0.4 is 10.1 Å². The fraction of sp³-hybridized carbons (Fsp3) is 0.364. The van der Waals surface area contributed by atoms with Gasteiger partial charge in [-0.25, -0.2) is 4.39 Å². The van der Waals surface area contributed by atoms with E-state index in [-0.39, 0.29) is 30.6 Å². The van der Waals surface area contributed by atoms with E-state index in [1.54, 1.807) is 41.3 Å². The van der Waals surface area contributed by atoms with Gasteiger partial charge in [0.15, 0.2) is 0 Å². The molecule has 8 heteroatoms. The zero-order chi connectivity index (χ0) is 21.1. The predicted molar refractivity (Wildman–Crippen MR) is 111 cm³/mol. The highest BCUT2D eigenvalue weighted by molar-refractivity contribution is 6.30. The molecule has 2 aliphatic rings. The molecule has 0 bridgehead atoms. The molecule has 0 saturated carbocycles. The molecule has 1 atom stereocenters. The lowest BCUT2D eigenvalue weighted by Crippen LogP contribution is -2.56. The van der Waals surface area contributed by atoms with E-state index < -0.39 is 6.04 Å². The average Bonchev–Trinajstić information content (AvgIpc) is 2.94. The van der Waals surface area contributed by atoms with E-state index >= 15 is 0 Å². The normalized spacial score (nSPS) is 19.5. The van der Waals surface area contributed by atoms with Gasteiger partial charge >= 0.3 is 0 Å². The van der Waals surface area contributed by atoms with Gasteiger partial charge in [-0.15, -0.1) is 0 Å². The molecule has 2 amide bonds. The molecule has 6 nitrogen and oxygen atoms in total. The Morgan fingerprint density at radius 1 is 1.23 bits per heavy atom. The van der Waals surface area contributed by atoms with Crippen LogP contribution in [0.15, 0.2) is 42.5 Å². The van der Waals surface area contributed by atoms with Crippen molar-refractivity contribution in [1.29, 1.82) is 0 Å². The molecule has 0 radical (unpaired) electrons. The minimum absolute atomic E-state index is 0.0240. The lowest BCUT2D eigenvalue weighted by Gasteiger charge is -2.35. The number of piperazine rings is 1. The lowest BCUT2D eigenvalue weighted by molar-refractivity contribution is -0.139. The van der Waals surface area contributed by atoms with Crippen molar-refractivity contribution in [3.05, 3.63) is 64.4 Å². The smallest absolute Gasteiger partial charge is 0.237 e. The van der Waals surface area contributed by atoms with E-state index in [1.165, 1.54) is 6.07 Å². The van der Waals surface area contributed by atoms with Gasteiger partial charge in [0, 0.05) is 42.3 Å². The van der Waals surface area contributed by atoms with Crippen LogP contribution in [-0.4, -0.2) is 53.9 Å². The average molecular weight is 432 g/mol. The first-order chi connectivity index (χ1) is 14.5. The second kappa shape index (κ2) is 9.02. The highest BCUT2D eigenvalue weighted by Gasteiger charge is 2.33. The first-order valence-corrected chi connectivity index (χ1v) is 10.3. The van der Waals surface area contributed by atoms with Crippen LogP contribution in [0.5, 0.6) is 5.75 Å². The van der Waals surface area contributed by atoms with E-state index in [9.17, 15) is 14.0 Å². The summed E-state index contributed by atoms with van der Waals surface area (Å²) in [6.45, 7) is 2.47. The van der Waals surface area contributed by atoms with Gasteiger partial charge in [-0.2, -0.15) is 0 Å². The molecule has 158 valence electrons. The summed E-state index contributed by atoms with van der Waals surface area (Å²) in [5, 5.41) is 3.40. The number of benzene rings is 2. The van der Waals surface area contributed by atoms with Crippen molar-refractivity contribution < 1.29 is 18.7 Å². The molecule has 1 fully saturated rings. The van der Waals surface area contributed by atoms with E-state index in [2.05, 4.69) is 5.32 Å². The van der Waals surface area contributed by atoms with Crippen molar-refractivity contribution in [3.63, 3.8) is 0 Å². The third-order valence-corrected chi connectivity index (χ3v) is 5.73. The van der Waals surface area contributed by atoms with Crippen LogP contribution in [0.3, 0.4) is 0 Å². The molecule has 1 unspecified atom stereocenters. The maximum absolute atomic E-state index is 14.1. The Hall–Kier alpha value is -2.64. The first kappa shape index (κ1) is 20.6. The number of halogens is 2. The van der Waals surface area contributed by atoms with Gasteiger partial charge in [-0.05, 0) is 24.3 Å². The second-order valence-electron chi connectivity index (χ2n) is 7.49. The number of nitrogens with zero attached hydrogens (tertiary/aromatic N) is 2. The fourth-order valence-electron chi connectivity index (χ4n) is 3.89. The number of carbonyl (C=O) groups is 2. The molecule has 4 rings (SSSR count). The number of carbonyl (C=O) groups excluding carboxylic acids is 2. The van der Waals surface area contributed by atoms with Crippen molar-refractivity contribution in [2.75, 3.05) is 26.2 Å². The third-order valence-electron chi connectivity index (χ3n) is 5.50. The van der Waals surface area contributed by atoms with Crippen LogP contribution >= 0.6 is 11.6 Å². The van der Waals surface area contributed by atoms with Gasteiger partial charge in [-0.1, -0.05) is 29.8 Å². The number of hydrogen-bond acceptors (Lipinski definition) is 4. The number of ether oxygens (including phenoxy) is 1. The molecule has 2 aromatic rings. The van der Waals surface area contributed by atoms with Gasteiger partial charge < -0.3 is 15.0 Å². The van der Waals surface area contributed by atoms with Crippen LogP contribution in [0, 0.1) is 5.82 Å². The summed E-state index contributed by atoms with van der Waals surface area (Å²) in [5.41, 5.74) is 1.35. The number of amides is 2. The van der Waals surface area contributed by atoms with Crippen LogP contribution in [0.4, 0.5) is 4.39 Å². The van der Waals surface area contributed by atoms with Crippen molar-refractivity contribution in [1.82, 2.24) is 15.1 Å². The molecule has 0 spiro atoms. The Morgan fingerprint density at radius 2 is 2.07 bits per heavy atom.